The van der Waals surface area contributed by atoms with Gasteiger partial charge in [0.15, 0.2) is 16.9 Å². The van der Waals surface area contributed by atoms with Crippen molar-refractivity contribution in [1.82, 2.24) is 9.80 Å². The van der Waals surface area contributed by atoms with E-state index in [9.17, 15) is 19.6 Å². The number of urea groups is 1. The maximum absolute atomic E-state index is 13.9. The van der Waals surface area contributed by atoms with Crippen LogP contribution in [-0.2, 0) is 17.9 Å². The van der Waals surface area contributed by atoms with E-state index < -0.39 is 6.03 Å². The average molecular weight is 601 g/mol. The number of fused-ring (bicyclic) bond motifs is 2. The topological polar surface area (TPSA) is 125 Å². The molecule has 3 amide bonds. The van der Waals surface area contributed by atoms with Crippen LogP contribution in [0.3, 0.4) is 0 Å². The molecule has 43 heavy (non-hydrogen) atoms. The molecule has 0 saturated carbocycles. The van der Waals surface area contributed by atoms with Crippen LogP contribution in [0.5, 0.6) is 11.5 Å². The Morgan fingerprint density at radius 1 is 1.02 bits per heavy atom. The van der Waals surface area contributed by atoms with Gasteiger partial charge in [-0.25, -0.2) is 4.79 Å². The van der Waals surface area contributed by atoms with Crippen molar-refractivity contribution in [2.45, 2.75) is 32.9 Å². The van der Waals surface area contributed by atoms with E-state index in [1.54, 1.807) is 48.5 Å². The van der Waals surface area contributed by atoms with Crippen molar-refractivity contribution in [3.8, 4) is 17.6 Å². The summed E-state index contributed by atoms with van der Waals surface area (Å²) in [5.74, 6) is 0.796. The molecular formula is C32H29ClN4O6. The summed E-state index contributed by atoms with van der Waals surface area (Å²) in [5, 5.41) is 12.7. The van der Waals surface area contributed by atoms with Gasteiger partial charge in [-0.05, 0) is 60.5 Å². The molecule has 1 aromatic heterocycles. The number of carbonyl (C=O) groups is 2. The molecule has 0 aliphatic carbocycles. The zero-order valence-electron chi connectivity index (χ0n) is 23.5. The van der Waals surface area contributed by atoms with Gasteiger partial charge in [0, 0.05) is 23.8 Å². The highest BCUT2D eigenvalue weighted by Crippen LogP contribution is 2.33. The number of nitriles is 1. The lowest BCUT2D eigenvalue weighted by atomic mass is 10.1. The Morgan fingerprint density at radius 3 is 2.67 bits per heavy atom. The largest absolute Gasteiger partial charge is 0.464 e. The van der Waals surface area contributed by atoms with E-state index in [0.29, 0.717) is 51.7 Å². The SMILES string of the molecule is CCCCN(CC(=O)N(Cc1ccc2c(c1)OCO2)Cc1coc2ccc(Cl)cc2c1=O)C(=O)Nc1cccc(C#N)c1. The van der Waals surface area contributed by atoms with Gasteiger partial charge >= 0.3 is 6.03 Å². The van der Waals surface area contributed by atoms with E-state index >= 15 is 0 Å². The molecule has 0 bridgehead atoms. The highest BCUT2D eigenvalue weighted by atomic mass is 35.5. The fraction of sp³-hybridized carbons (Fsp3) is 0.250. The first-order valence-corrected chi connectivity index (χ1v) is 14.1. The zero-order valence-corrected chi connectivity index (χ0v) is 24.2. The van der Waals surface area contributed by atoms with Gasteiger partial charge in [-0.3, -0.25) is 9.59 Å². The molecule has 11 heteroatoms. The molecule has 0 spiro atoms. The summed E-state index contributed by atoms with van der Waals surface area (Å²) in [6.07, 6.45) is 2.84. The molecule has 5 rings (SSSR count). The third kappa shape index (κ3) is 7.08. The number of halogens is 1. The number of nitrogens with one attached hydrogen (secondary N) is 1. The summed E-state index contributed by atoms with van der Waals surface area (Å²) >= 11 is 6.13. The van der Waals surface area contributed by atoms with Crippen molar-refractivity contribution >= 4 is 40.2 Å². The Balaban J connectivity index is 1.42. The van der Waals surface area contributed by atoms with Crippen LogP contribution in [0.25, 0.3) is 11.0 Å². The molecule has 0 fully saturated rings. The third-order valence-electron chi connectivity index (χ3n) is 6.97. The number of rotatable bonds is 10. The van der Waals surface area contributed by atoms with Crippen LogP contribution < -0.4 is 20.2 Å². The molecule has 1 aliphatic rings. The minimum atomic E-state index is -0.472. The van der Waals surface area contributed by atoms with E-state index in [0.717, 1.165) is 12.0 Å². The minimum absolute atomic E-state index is 0.0640. The van der Waals surface area contributed by atoms with Crippen molar-refractivity contribution < 1.29 is 23.5 Å². The highest BCUT2D eigenvalue weighted by Gasteiger charge is 2.24. The monoisotopic (exact) mass is 600 g/mol. The number of hydrogen-bond donors (Lipinski definition) is 1. The fourth-order valence-electron chi connectivity index (χ4n) is 4.68. The maximum atomic E-state index is 13.9. The first-order chi connectivity index (χ1) is 20.8. The van der Waals surface area contributed by atoms with Gasteiger partial charge in [-0.2, -0.15) is 5.26 Å². The minimum Gasteiger partial charge on any atom is -0.464 e. The molecule has 10 nitrogen and oxygen atoms in total. The van der Waals surface area contributed by atoms with Crippen LogP contribution in [0, 0.1) is 11.3 Å². The third-order valence-corrected chi connectivity index (χ3v) is 7.20. The molecule has 2 heterocycles. The molecule has 3 aromatic carbocycles. The van der Waals surface area contributed by atoms with Crippen LogP contribution in [0.15, 0.2) is 76.1 Å². The van der Waals surface area contributed by atoms with Crippen molar-refractivity contribution in [3.63, 3.8) is 0 Å². The van der Waals surface area contributed by atoms with E-state index in [2.05, 4.69) is 5.32 Å². The van der Waals surface area contributed by atoms with Crippen molar-refractivity contribution in [3.05, 3.63) is 98.9 Å². The Labute approximate surface area is 253 Å². The number of hydrogen-bond acceptors (Lipinski definition) is 7. The van der Waals surface area contributed by atoms with Crippen LogP contribution in [-0.4, -0.2) is 41.6 Å². The van der Waals surface area contributed by atoms with Gasteiger partial charge < -0.3 is 29.0 Å². The van der Waals surface area contributed by atoms with Gasteiger partial charge in [0.25, 0.3) is 0 Å². The number of benzene rings is 3. The first-order valence-electron chi connectivity index (χ1n) is 13.8. The maximum Gasteiger partial charge on any atom is 0.322 e. The quantitative estimate of drug-likeness (QED) is 0.240. The van der Waals surface area contributed by atoms with Gasteiger partial charge in [-0.1, -0.05) is 37.1 Å². The van der Waals surface area contributed by atoms with E-state index in [1.165, 1.54) is 22.1 Å². The molecular weight excluding hydrogens is 572 g/mol. The Morgan fingerprint density at radius 2 is 1.86 bits per heavy atom. The van der Waals surface area contributed by atoms with E-state index in [-0.39, 0.29) is 43.3 Å². The summed E-state index contributed by atoms with van der Waals surface area (Å²) in [6.45, 7) is 2.27. The summed E-state index contributed by atoms with van der Waals surface area (Å²) < 4.78 is 16.6. The molecule has 1 N–H and O–H groups in total. The molecule has 0 atom stereocenters. The van der Waals surface area contributed by atoms with E-state index in [4.69, 9.17) is 25.5 Å². The highest BCUT2D eigenvalue weighted by molar-refractivity contribution is 6.31. The van der Waals surface area contributed by atoms with Crippen LogP contribution >= 0.6 is 11.6 Å². The van der Waals surface area contributed by atoms with Gasteiger partial charge in [0.05, 0.1) is 35.4 Å². The van der Waals surface area contributed by atoms with Gasteiger partial charge in [-0.15, -0.1) is 0 Å². The first kappa shape index (κ1) is 29.5. The fourth-order valence-corrected chi connectivity index (χ4v) is 4.86. The normalized spacial score (nSPS) is 11.7. The number of anilines is 1. The molecule has 0 radical (unpaired) electrons. The molecule has 0 unspecified atom stereocenters. The molecule has 1 aliphatic heterocycles. The number of nitrogens with zero attached hydrogens (tertiary/aromatic N) is 3. The number of amides is 3. The summed E-state index contributed by atoms with van der Waals surface area (Å²) in [6, 6.07) is 18.3. The smallest absolute Gasteiger partial charge is 0.322 e. The number of carbonyl (C=O) groups excluding carboxylic acids is 2. The van der Waals surface area contributed by atoms with Crippen molar-refractivity contribution in [1.29, 1.82) is 5.26 Å². The Kier molecular flexibility index (Phi) is 9.13. The molecule has 0 saturated heterocycles. The zero-order chi connectivity index (χ0) is 30.3. The second-order valence-corrected chi connectivity index (χ2v) is 10.5. The van der Waals surface area contributed by atoms with Gasteiger partial charge in [0.2, 0.25) is 12.7 Å². The lowest BCUT2D eigenvalue weighted by Crippen LogP contribution is -2.44. The van der Waals surface area contributed by atoms with Crippen LogP contribution in [0.4, 0.5) is 10.5 Å². The molecule has 4 aromatic rings. The predicted octanol–water partition coefficient (Wildman–Crippen LogP) is 5.91. The summed E-state index contributed by atoms with van der Waals surface area (Å²) in [4.78, 5) is 43.5. The van der Waals surface area contributed by atoms with Crippen LogP contribution in [0.2, 0.25) is 5.02 Å². The van der Waals surface area contributed by atoms with Crippen molar-refractivity contribution in [2.24, 2.45) is 0 Å². The lowest BCUT2D eigenvalue weighted by molar-refractivity contribution is -0.133. The van der Waals surface area contributed by atoms with Crippen LogP contribution in [0.1, 0.15) is 36.5 Å². The standard InChI is InChI=1S/C32H29ClN4O6/c1-2-3-11-36(32(40)35-25-6-4-5-21(12-25)15-34)18-30(38)37(16-22-7-9-28-29(13-22)43-20-42-28)17-23-19-41-27-10-8-24(33)14-26(27)31(23)39/h4-10,12-14,19H,2-3,11,16-18,20H2,1H3,(H,35,40). The second-order valence-electron chi connectivity index (χ2n) is 10.1. The van der Waals surface area contributed by atoms with Gasteiger partial charge in [0.1, 0.15) is 12.1 Å². The Hall–Kier alpha value is -5.01. The average Bonchev–Trinajstić information content (AvgIpc) is 3.48. The van der Waals surface area contributed by atoms with E-state index in [1.807, 2.05) is 19.1 Å². The predicted molar refractivity (Wildman–Crippen MR) is 161 cm³/mol. The van der Waals surface area contributed by atoms with Crippen molar-refractivity contribution in [2.75, 3.05) is 25.2 Å². The summed E-state index contributed by atoms with van der Waals surface area (Å²) in [7, 11) is 0. The lowest BCUT2D eigenvalue weighted by Gasteiger charge is -2.28. The Bertz CT molecular complexity index is 1770. The molecule has 220 valence electrons. The summed E-state index contributed by atoms with van der Waals surface area (Å²) in [5.41, 5.74) is 1.95. The second kappa shape index (κ2) is 13.3. The number of unbranched alkanes of at least 4 members (excludes halogenated alkanes) is 1. The number of ether oxygens (including phenoxy) is 2.